The maximum atomic E-state index is 2.41. The lowest BCUT2D eigenvalue weighted by atomic mass is 9.89. The third kappa shape index (κ3) is 6.88. The van der Waals surface area contributed by atoms with Gasteiger partial charge in [-0.25, -0.2) is 0 Å². The molecule has 0 spiro atoms. The highest BCUT2D eigenvalue weighted by Crippen LogP contribution is 2.46. The van der Waals surface area contributed by atoms with E-state index in [9.17, 15) is 0 Å². The van der Waals surface area contributed by atoms with Crippen molar-refractivity contribution >= 4 is 17.1 Å². The van der Waals surface area contributed by atoms with Gasteiger partial charge in [-0.15, -0.1) is 0 Å². The minimum absolute atomic E-state index is 1.08. The van der Waals surface area contributed by atoms with Gasteiger partial charge in [-0.2, -0.15) is 0 Å². The van der Waals surface area contributed by atoms with E-state index >= 15 is 0 Å². The van der Waals surface area contributed by atoms with Crippen LogP contribution in [-0.2, 0) is 0 Å². The monoisotopic (exact) mass is 701 g/mol. The molecule has 0 aromatic heterocycles. The molecule has 9 aromatic rings. The van der Waals surface area contributed by atoms with Crippen molar-refractivity contribution in [2.75, 3.05) is 4.90 Å². The van der Waals surface area contributed by atoms with Crippen LogP contribution in [0.1, 0.15) is 0 Å². The first-order chi connectivity index (χ1) is 27.3. The fourth-order valence-electron chi connectivity index (χ4n) is 7.70. The van der Waals surface area contributed by atoms with Crippen molar-refractivity contribution in [2.45, 2.75) is 0 Å². The van der Waals surface area contributed by atoms with Crippen molar-refractivity contribution < 1.29 is 0 Å². The zero-order valence-corrected chi connectivity index (χ0v) is 30.5. The summed E-state index contributed by atoms with van der Waals surface area (Å²) in [5.41, 5.74) is 17.7. The number of nitrogens with zero attached hydrogens (tertiary/aromatic N) is 1. The average molecular weight is 702 g/mol. The van der Waals surface area contributed by atoms with Gasteiger partial charge in [-0.05, 0) is 91.5 Å². The Kier molecular flexibility index (Phi) is 9.41. The molecule has 9 aromatic carbocycles. The van der Waals surface area contributed by atoms with Gasteiger partial charge in [0.15, 0.2) is 0 Å². The molecule has 55 heavy (non-hydrogen) atoms. The van der Waals surface area contributed by atoms with E-state index in [4.69, 9.17) is 0 Å². The summed E-state index contributed by atoms with van der Waals surface area (Å²) in [6.07, 6.45) is 0. The third-order valence-corrected chi connectivity index (χ3v) is 10.3. The van der Waals surface area contributed by atoms with Crippen LogP contribution < -0.4 is 4.90 Å². The molecule has 1 nitrogen and oxygen atoms in total. The normalized spacial score (nSPS) is 10.9. The summed E-state index contributed by atoms with van der Waals surface area (Å²) in [6.45, 7) is 0. The Morgan fingerprint density at radius 3 is 1.02 bits per heavy atom. The Morgan fingerprint density at radius 2 is 0.527 bits per heavy atom. The molecule has 9 rings (SSSR count). The van der Waals surface area contributed by atoms with Crippen LogP contribution in [0.15, 0.2) is 237 Å². The van der Waals surface area contributed by atoms with Gasteiger partial charge in [0.2, 0.25) is 0 Å². The second kappa shape index (κ2) is 15.4. The first kappa shape index (κ1) is 33.6. The highest BCUT2D eigenvalue weighted by Gasteiger charge is 2.21. The molecular formula is C54H39N. The van der Waals surface area contributed by atoms with Crippen LogP contribution in [-0.4, -0.2) is 0 Å². The van der Waals surface area contributed by atoms with E-state index in [0.717, 1.165) is 17.1 Å². The van der Waals surface area contributed by atoms with Crippen molar-refractivity contribution in [3.8, 4) is 66.8 Å². The number of benzene rings is 9. The molecule has 0 amide bonds. The molecule has 0 radical (unpaired) electrons. The van der Waals surface area contributed by atoms with E-state index in [1.807, 2.05) is 0 Å². The molecule has 0 saturated heterocycles. The highest BCUT2D eigenvalue weighted by atomic mass is 15.1. The van der Waals surface area contributed by atoms with E-state index < -0.39 is 0 Å². The summed E-state index contributed by atoms with van der Waals surface area (Å²) < 4.78 is 0. The second-order valence-electron chi connectivity index (χ2n) is 13.7. The topological polar surface area (TPSA) is 3.24 Å². The minimum Gasteiger partial charge on any atom is -0.310 e. The van der Waals surface area contributed by atoms with Gasteiger partial charge in [0, 0.05) is 16.9 Å². The van der Waals surface area contributed by atoms with Gasteiger partial charge in [0.05, 0.1) is 5.69 Å². The van der Waals surface area contributed by atoms with Gasteiger partial charge < -0.3 is 4.90 Å². The van der Waals surface area contributed by atoms with Gasteiger partial charge >= 0.3 is 0 Å². The Hall–Kier alpha value is -7.22. The fourth-order valence-corrected chi connectivity index (χ4v) is 7.70. The molecular weight excluding hydrogens is 663 g/mol. The molecule has 0 fully saturated rings. The van der Waals surface area contributed by atoms with E-state index in [-0.39, 0.29) is 0 Å². The summed E-state index contributed by atoms with van der Waals surface area (Å²) in [7, 11) is 0. The number of hydrogen-bond donors (Lipinski definition) is 0. The van der Waals surface area contributed by atoms with Gasteiger partial charge in [0.25, 0.3) is 0 Å². The van der Waals surface area contributed by atoms with E-state index in [0.29, 0.717) is 0 Å². The minimum atomic E-state index is 1.08. The van der Waals surface area contributed by atoms with Crippen molar-refractivity contribution in [3.05, 3.63) is 237 Å². The number of anilines is 3. The maximum Gasteiger partial charge on any atom is 0.0546 e. The summed E-state index contributed by atoms with van der Waals surface area (Å²) in [6, 6.07) is 84.9. The first-order valence-electron chi connectivity index (χ1n) is 18.9. The Morgan fingerprint density at radius 1 is 0.200 bits per heavy atom. The number of hydrogen-bond acceptors (Lipinski definition) is 1. The largest absolute Gasteiger partial charge is 0.310 e. The van der Waals surface area contributed by atoms with Crippen LogP contribution in [0.3, 0.4) is 0 Å². The van der Waals surface area contributed by atoms with Crippen molar-refractivity contribution in [2.24, 2.45) is 0 Å². The van der Waals surface area contributed by atoms with Crippen molar-refractivity contribution in [1.29, 1.82) is 0 Å². The van der Waals surface area contributed by atoms with Crippen molar-refractivity contribution in [1.82, 2.24) is 0 Å². The molecule has 0 atom stereocenters. The fraction of sp³-hybridized carbons (Fsp3) is 0. The molecule has 0 aliphatic rings. The van der Waals surface area contributed by atoms with E-state index in [1.54, 1.807) is 0 Å². The van der Waals surface area contributed by atoms with Crippen LogP contribution in [0, 0.1) is 0 Å². The van der Waals surface area contributed by atoms with Gasteiger partial charge in [0.1, 0.15) is 0 Å². The molecule has 260 valence electrons. The maximum absolute atomic E-state index is 2.41. The molecule has 0 N–H and O–H groups in total. The van der Waals surface area contributed by atoms with Crippen molar-refractivity contribution in [3.63, 3.8) is 0 Å². The Balaban J connectivity index is 1.19. The summed E-state index contributed by atoms with van der Waals surface area (Å²) in [5.74, 6) is 0. The molecule has 1 heteroatoms. The summed E-state index contributed by atoms with van der Waals surface area (Å²) >= 11 is 0. The Labute approximate surface area is 324 Å². The van der Waals surface area contributed by atoms with Crippen LogP contribution in [0.5, 0.6) is 0 Å². The average Bonchev–Trinajstić information content (AvgIpc) is 3.28. The van der Waals surface area contributed by atoms with Crippen LogP contribution >= 0.6 is 0 Å². The second-order valence-corrected chi connectivity index (χ2v) is 13.7. The lowest BCUT2D eigenvalue weighted by Gasteiger charge is -2.29. The Bertz CT molecular complexity index is 2650. The lowest BCUT2D eigenvalue weighted by molar-refractivity contribution is 1.28. The highest BCUT2D eigenvalue weighted by molar-refractivity contribution is 5.97. The third-order valence-electron chi connectivity index (χ3n) is 10.3. The van der Waals surface area contributed by atoms with Crippen LogP contribution in [0.25, 0.3) is 66.8 Å². The van der Waals surface area contributed by atoms with Gasteiger partial charge in [-0.3, -0.25) is 0 Å². The molecule has 0 heterocycles. The van der Waals surface area contributed by atoms with E-state index in [1.165, 1.54) is 66.8 Å². The summed E-state index contributed by atoms with van der Waals surface area (Å²) in [4.78, 5) is 2.41. The molecule has 0 saturated carbocycles. The molecule has 0 bridgehead atoms. The zero-order valence-electron chi connectivity index (χ0n) is 30.5. The zero-order chi connectivity index (χ0) is 36.8. The molecule has 0 unspecified atom stereocenters. The van der Waals surface area contributed by atoms with Crippen LogP contribution in [0.2, 0.25) is 0 Å². The lowest BCUT2D eigenvalue weighted by Crippen LogP contribution is -2.11. The van der Waals surface area contributed by atoms with E-state index in [2.05, 4.69) is 241 Å². The standard InChI is InChI=1S/C54H39N/c1-5-18-40(19-6-1)41-32-36-46(37-33-41)55(53-31-17-30-50(43-22-9-3-10-23-43)54(53)45-24-11-4-12-25-45)47-38-34-44(35-39-47)49-27-14-16-29-52(49)51-28-15-13-26-48(51)42-20-7-2-8-21-42/h1-39H. The molecule has 0 aliphatic heterocycles. The first-order valence-corrected chi connectivity index (χ1v) is 18.9. The van der Waals surface area contributed by atoms with Crippen LogP contribution in [0.4, 0.5) is 17.1 Å². The predicted octanol–water partition coefficient (Wildman–Crippen LogP) is 15.2. The predicted molar refractivity (Wildman–Crippen MR) is 234 cm³/mol. The molecule has 0 aliphatic carbocycles. The quantitative estimate of drug-likeness (QED) is 0.145. The SMILES string of the molecule is c1ccc(-c2ccc(N(c3ccc(-c4ccccc4-c4ccccc4-c4ccccc4)cc3)c3cccc(-c4ccccc4)c3-c3ccccc3)cc2)cc1. The van der Waals surface area contributed by atoms with Gasteiger partial charge in [-0.1, -0.05) is 206 Å². The smallest absolute Gasteiger partial charge is 0.0546 e. The summed E-state index contributed by atoms with van der Waals surface area (Å²) in [5, 5.41) is 0. The number of rotatable bonds is 9.